The molecule has 0 saturated heterocycles. The molecule has 0 unspecified atom stereocenters. The molecule has 0 saturated carbocycles. The second-order valence-electron chi connectivity index (χ2n) is 5.40. The van der Waals surface area contributed by atoms with Gasteiger partial charge in [0.25, 0.3) is 0 Å². The minimum Gasteiger partial charge on any atom is -0.505 e. The zero-order chi connectivity index (χ0) is 17.4. The van der Waals surface area contributed by atoms with E-state index >= 15 is 0 Å². The first kappa shape index (κ1) is 15.5. The summed E-state index contributed by atoms with van der Waals surface area (Å²) in [4.78, 5) is 4.29. The number of aromatic hydroxyl groups is 5. The van der Waals surface area contributed by atoms with Crippen molar-refractivity contribution in [2.45, 2.75) is 6.92 Å². The van der Waals surface area contributed by atoms with E-state index in [9.17, 15) is 25.5 Å². The average molecular weight is 325 g/mol. The van der Waals surface area contributed by atoms with Crippen molar-refractivity contribution in [2.24, 2.45) is 0 Å². The fourth-order valence-electron chi connectivity index (χ4n) is 2.41. The number of rotatable bonds is 2. The second-order valence-corrected chi connectivity index (χ2v) is 5.40. The predicted molar refractivity (Wildman–Crippen MR) is 88.2 cm³/mol. The van der Waals surface area contributed by atoms with E-state index in [1.807, 2.05) is 0 Å². The van der Waals surface area contributed by atoms with Gasteiger partial charge < -0.3 is 25.5 Å². The van der Waals surface area contributed by atoms with Crippen LogP contribution in [0.15, 0.2) is 42.5 Å². The van der Waals surface area contributed by atoms with Crippen LogP contribution in [-0.2, 0) is 0 Å². The Morgan fingerprint density at radius 1 is 0.667 bits per heavy atom. The Bertz CT molecular complexity index is 937. The summed E-state index contributed by atoms with van der Waals surface area (Å²) in [5.41, 5.74) is 2.31. The van der Waals surface area contributed by atoms with Crippen molar-refractivity contribution in [3.63, 3.8) is 0 Å². The molecule has 0 aliphatic carbocycles. The summed E-state index contributed by atoms with van der Waals surface area (Å²) in [6.45, 7) is 1.63. The van der Waals surface area contributed by atoms with Crippen LogP contribution in [0.1, 0.15) is 5.69 Å². The van der Waals surface area contributed by atoms with Crippen LogP contribution in [0.2, 0.25) is 0 Å². The Hall–Kier alpha value is -3.41. The van der Waals surface area contributed by atoms with E-state index in [0.29, 0.717) is 28.1 Å². The molecule has 2 aromatic carbocycles. The fraction of sp³-hybridized carbons (Fsp3) is 0.0556. The van der Waals surface area contributed by atoms with Crippen LogP contribution in [0.25, 0.3) is 22.4 Å². The zero-order valence-electron chi connectivity index (χ0n) is 12.7. The Morgan fingerprint density at radius 3 is 1.79 bits per heavy atom. The number of aryl methyl sites for hydroxylation is 1. The van der Waals surface area contributed by atoms with Gasteiger partial charge in [-0.3, -0.25) is 0 Å². The third kappa shape index (κ3) is 2.65. The first-order chi connectivity index (χ1) is 11.4. The molecule has 0 aliphatic heterocycles. The highest BCUT2D eigenvalue weighted by Gasteiger charge is 2.14. The summed E-state index contributed by atoms with van der Waals surface area (Å²) >= 11 is 0. The molecule has 3 rings (SSSR count). The number of hydrogen-bond donors (Lipinski definition) is 5. The molecule has 5 N–H and O–H groups in total. The van der Waals surface area contributed by atoms with Crippen molar-refractivity contribution in [1.29, 1.82) is 0 Å². The minimum absolute atomic E-state index is 0.0492. The molecule has 0 amide bonds. The lowest BCUT2D eigenvalue weighted by Gasteiger charge is -2.12. The lowest BCUT2D eigenvalue weighted by atomic mass is 10.0. The molecular formula is C18H15NO5. The van der Waals surface area contributed by atoms with Crippen molar-refractivity contribution >= 4 is 0 Å². The highest BCUT2D eigenvalue weighted by molar-refractivity contribution is 5.78. The molecule has 1 heterocycles. The zero-order valence-corrected chi connectivity index (χ0v) is 12.7. The van der Waals surface area contributed by atoms with Crippen molar-refractivity contribution in [3.05, 3.63) is 48.2 Å². The van der Waals surface area contributed by atoms with Gasteiger partial charge in [0.2, 0.25) is 0 Å². The van der Waals surface area contributed by atoms with Gasteiger partial charge in [0.15, 0.2) is 23.0 Å². The summed E-state index contributed by atoms with van der Waals surface area (Å²) in [5, 5.41) is 48.4. The summed E-state index contributed by atoms with van der Waals surface area (Å²) < 4.78 is 0. The third-order valence-electron chi connectivity index (χ3n) is 3.72. The van der Waals surface area contributed by atoms with Crippen molar-refractivity contribution in [2.75, 3.05) is 0 Å². The van der Waals surface area contributed by atoms with Crippen molar-refractivity contribution in [1.82, 2.24) is 4.98 Å². The normalized spacial score (nSPS) is 10.7. The standard InChI is InChI=1S/C18H15NO5/c1-9-18(24)12(10-2-4-14(20)16(22)6-10)8-13(19-9)11-3-5-15(21)17(23)7-11/h2-8,20-24H,1H3. The first-order valence-electron chi connectivity index (χ1n) is 7.12. The van der Waals surface area contributed by atoms with E-state index in [2.05, 4.69) is 4.98 Å². The van der Waals surface area contributed by atoms with E-state index < -0.39 is 0 Å². The molecule has 0 radical (unpaired) electrons. The number of benzene rings is 2. The fourth-order valence-corrected chi connectivity index (χ4v) is 2.41. The van der Waals surface area contributed by atoms with Crippen LogP contribution in [0.5, 0.6) is 28.7 Å². The van der Waals surface area contributed by atoms with E-state index in [4.69, 9.17) is 0 Å². The van der Waals surface area contributed by atoms with Crippen LogP contribution in [0.4, 0.5) is 0 Å². The van der Waals surface area contributed by atoms with Gasteiger partial charge in [0.1, 0.15) is 5.75 Å². The highest BCUT2D eigenvalue weighted by Crippen LogP contribution is 2.39. The molecule has 6 nitrogen and oxygen atoms in total. The van der Waals surface area contributed by atoms with Crippen molar-refractivity contribution < 1.29 is 25.5 Å². The van der Waals surface area contributed by atoms with Gasteiger partial charge in [-0.05, 0) is 48.9 Å². The predicted octanol–water partition coefficient (Wildman–Crippen LogP) is 3.25. The lowest BCUT2D eigenvalue weighted by molar-refractivity contribution is 0.404. The largest absolute Gasteiger partial charge is 0.505 e. The number of phenolic OH excluding ortho intramolecular Hbond substituents is 4. The average Bonchev–Trinajstić information content (AvgIpc) is 2.55. The smallest absolute Gasteiger partial charge is 0.158 e. The Labute approximate surface area is 137 Å². The maximum atomic E-state index is 10.3. The number of aromatic nitrogens is 1. The van der Waals surface area contributed by atoms with Crippen LogP contribution < -0.4 is 0 Å². The van der Waals surface area contributed by atoms with Crippen LogP contribution in [-0.4, -0.2) is 30.5 Å². The second kappa shape index (κ2) is 5.66. The number of hydrogen-bond acceptors (Lipinski definition) is 6. The van der Waals surface area contributed by atoms with Crippen molar-refractivity contribution in [3.8, 4) is 51.1 Å². The van der Waals surface area contributed by atoms with Crippen LogP contribution in [0, 0.1) is 6.92 Å². The Kier molecular flexibility index (Phi) is 3.65. The summed E-state index contributed by atoms with van der Waals surface area (Å²) in [7, 11) is 0. The van der Waals surface area contributed by atoms with E-state index in [1.165, 1.54) is 24.3 Å². The molecule has 0 spiro atoms. The van der Waals surface area contributed by atoms with Gasteiger partial charge in [-0.2, -0.15) is 0 Å². The summed E-state index contributed by atoms with van der Waals surface area (Å²) in [6, 6.07) is 10.1. The summed E-state index contributed by atoms with van der Waals surface area (Å²) in [5.74, 6) is -1.12. The molecule has 122 valence electrons. The topological polar surface area (TPSA) is 114 Å². The summed E-state index contributed by atoms with van der Waals surface area (Å²) in [6.07, 6.45) is 0. The van der Waals surface area contributed by atoms with Crippen LogP contribution >= 0.6 is 0 Å². The molecule has 0 bridgehead atoms. The van der Waals surface area contributed by atoms with E-state index in [0.717, 1.165) is 0 Å². The third-order valence-corrected chi connectivity index (χ3v) is 3.72. The Morgan fingerprint density at radius 2 is 1.21 bits per heavy atom. The van der Waals surface area contributed by atoms with E-state index in [-0.39, 0.29) is 28.7 Å². The number of phenols is 4. The van der Waals surface area contributed by atoms with Gasteiger partial charge in [-0.1, -0.05) is 6.07 Å². The van der Waals surface area contributed by atoms with E-state index in [1.54, 1.807) is 25.1 Å². The molecule has 1 aromatic heterocycles. The first-order valence-corrected chi connectivity index (χ1v) is 7.12. The monoisotopic (exact) mass is 325 g/mol. The lowest BCUT2D eigenvalue weighted by Crippen LogP contribution is -1.92. The van der Waals surface area contributed by atoms with Gasteiger partial charge in [-0.25, -0.2) is 4.98 Å². The van der Waals surface area contributed by atoms with Gasteiger partial charge in [-0.15, -0.1) is 0 Å². The maximum Gasteiger partial charge on any atom is 0.158 e. The van der Waals surface area contributed by atoms with Gasteiger partial charge in [0.05, 0.1) is 11.4 Å². The molecular weight excluding hydrogens is 310 g/mol. The minimum atomic E-state index is -0.301. The molecule has 3 aromatic rings. The van der Waals surface area contributed by atoms with Gasteiger partial charge in [0, 0.05) is 11.1 Å². The Balaban J connectivity index is 2.18. The quantitative estimate of drug-likeness (QED) is 0.462. The number of nitrogens with zero attached hydrogens (tertiary/aromatic N) is 1. The molecule has 24 heavy (non-hydrogen) atoms. The molecule has 0 aliphatic rings. The number of pyridine rings is 1. The molecule has 6 heteroatoms. The van der Waals surface area contributed by atoms with Crippen LogP contribution in [0.3, 0.4) is 0 Å². The van der Waals surface area contributed by atoms with Gasteiger partial charge >= 0.3 is 0 Å². The molecule has 0 fully saturated rings. The SMILES string of the molecule is Cc1nc(-c2ccc(O)c(O)c2)cc(-c2ccc(O)c(O)c2)c1O. The molecule has 0 atom stereocenters. The highest BCUT2D eigenvalue weighted by atomic mass is 16.3. The maximum absolute atomic E-state index is 10.3.